The monoisotopic (exact) mass is 275 g/mol. The Morgan fingerprint density at radius 3 is 2.72 bits per heavy atom. The van der Waals surface area contributed by atoms with Gasteiger partial charge in [0, 0.05) is 39.6 Å². The van der Waals surface area contributed by atoms with Crippen LogP contribution in [-0.2, 0) is 21.3 Å². The van der Waals surface area contributed by atoms with Crippen LogP contribution in [-0.4, -0.2) is 48.7 Å². The summed E-state index contributed by atoms with van der Waals surface area (Å²) in [5, 5.41) is 0. The van der Waals surface area contributed by atoms with Gasteiger partial charge in [0.1, 0.15) is 11.9 Å². The van der Waals surface area contributed by atoms with Crippen molar-refractivity contribution in [2.75, 3.05) is 26.5 Å². The number of aromatic nitrogens is 2. The van der Waals surface area contributed by atoms with E-state index in [1.54, 1.807) is 12.4 Å². The van der Waals surface area contributed by atoms with Gasteiger partial charge in [-0.05, 0) is 13.8 Å². The minimum Gasteiger partial charge on any atom is -0.371 e. The van der Waals surface area contributed by atoms with E-state index >= 15 is 0 Å². The number of ether oxygens (including phenoxy) is 1. The molecule has 0 radical (unpaired) electrons. The second-order valence-corrected chi connectivity index (χ2v) is 6.48. The highest BCUT2D eigenvalue weighted by Crippen LogP contribution is 2.14. The highest BCUT2D eigenvalue weighted by atomic mass is 32.2. The third kappa shape index (κ3) is 3.79. The first-order valence-electron chi connectivity index (χ1n) is 5.91. The van der Waals surface area contributed by atoms with Gasteiger partial charge in [-0.15, -0.1) is 0 Å². The average molecular weight is 275 g/mol. The van der Waals surface area contributed by atoms with Gasteiger partial charge < -0.3 is 9.30 Å². The minimum atomic E-state index is -3.19. The van der Waals surface area contributed by atoms with E-state index in [0.717, 1.165) is 5.82 Å². The zero-order chi connectivity index (χ0) is 13.8. The summed E-state index contributed by atoms with van der Waals surface area (Å²) in [6.45, 7) is 4.81. The van der Waals surface area contributed by atoms with Gasteiger partial charge >= 0.3 is 0 Å². The fourth-order valence-electron chi connectivity index (χ4n) is 1.59. The minimum absolute atomic E-state index is 0.0577. The van der Waals surface area contributed by atoms with Crippen LogP contribution in [0.1, 0.15) is 25.8 Å². The molecular formula is C11H21N3O3S. The molecule has 1 aromatic heterocycles. The van der Waals surface area contributed by atoms with E-state index in [1.165, 1.54) is 18.4 Å². The average Bonchev–Trinajstić information content (AvgIpc) is 2.74. The van der Waals surface area contributed by atoms with Crippen LogP contribution in [0.25, 0.3) is 0 Å². The van der Waals surface area contributed by atoms with Gasteiger partial charge in [0.2, 0.25) is 10.0 Å². The number of rotatable bonds is 7. The third-order valence-corrected chi connectivity index (χ3v) is 4.49. The maximum atomic E-state index is 11.7. The van der Waals surface area contributed by atoms with Crippen LogP contribution >= 0.6 is 0 Å². The van der Waals surface area contributed by atoms with Crippen LogP contribution in [0, 0.1) is 0 Å². The summed E-state index contributed by atoms with van der Waals surface area (Å²) < 4.78 is 31.9. The van der Waals surface area contributed by atoms with Crippen molar-refractivity contribution >= 4 is 10.0 Å². The van der Waals surface area contributed by atoms with Crippen molar-refractivity contribution in [3.8, 4) is 0 Å². The van der Waals surface area contributed by atoms with Crippen LogP contribution in [0.2, 0.25) is 0 Å². The Hall–Kier alpha value is -0.920. The van der Waals surface area contributed by atoms with Crippen molar-refractivity contribution in [3.63, 3.8) is 0 Å². The molecule has 0 fully saturated rings. The first kappa shape index (κ1) is 15.1. The molecule has 0 spiro atoms. The number of sulfonamides is 1. The molecule has 6 nitrogen and oxygen atoms in total. The molecule has 0 saturated carbocycles. The molecule has 0 N–H and O–H groups in total. The maximum Gasteiger partial charge on any atom is 0.215 e. The molecule has 104 valence electrons. The Balaban J connectivity index is 2.72. The van der Waals surface area contributed by atoms with E-state index in [-0.39, 0.29) is 11.9 Å². The first-order valence-corrected chi connectivity index (χ1v) is 7.52. The third-order valence-electron chi connectivity index (χ3n) is 2.67. The van der Waals surface area contributed by atoms with Crippen LogP contribution in [0.5, 0.6) is 0 Å². The summed E-state index contributed by atoms with van der Waals surface area (Å²) in [5.41, 5.74) is 0. The van der Waals surface area contributed by atoms with Crippen LogP contribution in [0.15, 0.2) is 12.4 Å². The molecule has 0 amide bonds. The van der Waals surface area contributed by atoms with E-state index in [4.69, 9.17) is 4.74 Å². The zero-order valence-electron chi connectivity index (χ0n) is 11.3. The highest BCUT2D eigenvalue weighted by Gasteiger charge is 2.16. The topological polar surface area (TPSA) is 64.4 Å². The lowest BCUT2D eigenvalue weighted by molar-refractivity contribution is 0.0676. The Morgan fingerprint density at radius 2 is 2.17 bits per heavy atom. The van der Waals surface area contributed by atoms with Gasteiger partial charge in [-0.3, -0.25) is 0 Å². The van der Waals surface area contributed by atoms with Gasteiger partial charge in [0.15, 0.2) is 0 Å². The van der Waals surface area contributed by atoms with Crippen LogP contribution in [0.4, 0.5) is 0 Å². The SMILES string of the molecule is CCOC(C)c1nccn1CCS(=O)(=O)N(C)C. The zero-order valence-corrected chi connectivity index (χ0v) is 12.1. The van der Waals surface area contributed by atoms with Gasteiger partial charge in [0.25, 0.3) is 0 Å². The lowest BCUT2D eigenvalue weighted by atomic mass is 10.4. The predicted molar refractivity (Wildman–Crippen MR) is 69.7 cm³/mol. The van der Waals surface area contributed by atoms with Crippen molar-refractivity contribution in [1.29, 1.82) is 0 Å². The maximum absolute atomic E-state index is 11.7. The molecule has 7 heteroatoms. The number of nitrogens with zero attached hydrogens (tertiary/aromatic N) is 3. The van der Waals surface area contributed by atoms with Crippen LogP contribution < -0.4 is 0 Å². The quantitative estimate of drug-likeness (QED) is 0.741. The van der Waals surface area contributed by atoms with Crippen molar-refractivity contribution in [1.82, 2.24) is 13.9 Å². The normalized spacial score (nSPS) is 14.1. The molecule has 0 bridgehead atoms. The lowest BCUT2D eigenvalue weighted by Crippen LogP contribution is -2.27. The predicted octanol–water partition coefficient (Wildman–Crippen LogP) is 0.872. The Labute approximate surface area is 109 Å². The van der Waals surface area contributed by atoms with Crippen molar-refractivity contribution in [2.24, 2.45) is 0 Å². The molecule has 1 rings (SSSR count). The molecule has 0 saturated heterocycles. The second-order valence-electron chi connectivity index (χ2n) is 4.17. The van der Waals surface area contributed by atoms with E-state index in [0.29, 0.717) is 13.2 Å². The van der Waals surface area contributed by atoms with Crippen molar-refractivity contribution in [3.05, 3.63) is 18.2 Å². The van der Waals surface area contributed by atoms with Gasteiger partial charge in [0.05, 0.1) is 5.75 Å². The Morgan fingerprint density at radius 1 is 1.50 bits per heavy atom. The summed E-state index contributed by atoms with van der Waals surface area (Å²) in [6.07, 6.45) is 3.30. The number of hydrogen-bond acceptors (Lipinski definition) is 4. The van der Waals surface area contributed by atoms with E-state index < -0.39 is 10.0 Å². The largest absolute Gasteiger partial charge is 0.371 e. The standard InChI is InChI=1S/C11H21N3O3S/c1-5-17-10(2)11-12-6-7-14(11)8-9-18(15,16)13(3)4/h6-7,10H,5,8-9H2,1-4H3. The molecule has 18 heavy (non-hydrogen) atoms. The smallest absolute Gasteiger partial charge is 0.215 e. The number of imidazole rings is 1. The summed E-state index contributed by atoms with van der Waals surface area (Å²) in [7, 11) is -0.116. The molecule has 0 aliphatic rings. The molecule has 0 aliphatic carbocycles. The summed E-state index contributed by atoms with van der Waals surface area (Å²) in [5.74, 6) is 0.813. The van der Waals surface area contributed by atoms with E-state index in [1.807, 2.05) is 18.4 Å². The second kappa shape index (κ2) is 6.31. The summed E-state index contributed by atoms with van der Waals surface area (Å²) >= 11 is 0. The molecule has 0 aliphatic heterocycles. The lowest BCUT2D eigenvalue weighted by Gasteiger charge is -2.15. The van der Waals surface area contributed by atoms with Crippen molar-refractivity contribution < 1.29 is 13.2 Å². The fourth-order valence-corrected chi connectivity index (χ4v) is 2.38. The van der Waals surface area contributed by atoms with Crippen molar-refractivity contribution in [2.45, 2.75) is 26.5 Å². The molecule has 0 aromatic carbocycles. The first-order chi connectivity index (χ1) is 8.38. The Kier molecular flexibility index (Phi) is 5.30. The van der Waals surface area contributed by atoms with E-state index in [2.05, 4.69) is 4.98 Å². The number of hydrogen-bond donors (Lipinski definition) is 0. The van der Waals surface area contributed by atoms with Crippen LogP contribution in [0.3, 0.4) is 0 Å². The molecule has 1 unspecified atom stereocenters. The number of aryl methyl sites for hydroxylation is 1. The summed E-state index contributed by atoms with van der Waals surface area (Å²) in [4.78, 5) is 4.21. The molecular weight excluding hydrogens is 254 g/mol. The fraction of sp³-hybridized carbons (Fsp3) is 0.727. The Bertz CT molecular complexity index is 468. The van der Waals surface area contributed by atoms with Gasteiger partial charge in [-0.2, -0.15) is 0 Å². The molecule has 1 aromatic rings. The van der Waals surface area contributed by atoms with Gasteiger partial charge in [-0.1, -0.05) is 0 Å². The molecule has 1 atom stereocenters. The summed E-state index contributed by atoms with van der Waals surface area (Å²) in [6, 6.07) is 0. The van der Waals surface area contributed by atoms with Gasteiger partial charge in [-0.25, -0.2) is 17.7 Å². The van der Waals surface area contributed by atoms with E-state index in [9.17, 15) is 8.42 Å². The molecule has 1 heterocycles. The highest BCUT2D eigenvalue weighted by molar-refractivity contribution is 7.89.